The van der Waals surface area contributed by atoms with Gasteiger partial charge in [0.25, 0.3) is 0 Å². The number of hydrogen-bond donors (Lipinski definition) is 1. The minimum atomic E-state index is 0.491. The van der Waals surface area contributed by atoms with E-state index >= 15 is 0 Å². The van der Waals surface area contributed by atoms with Crippen molar-refractivity contribution in [3.8, 4) is 0 Å². The summed E-state index contributed by atoms with van der Waals surface area (Å²) in [5.41, 5.74) is 1.26. The number of piperidine rings is 3. The summed E-state index contributed by atoms with van der Waals surface area (Å²) in [6.45, 7) is 6.13. The topological polar surface area (TPSA) is 15.3 Å². The average molecular weight is 279 g/mol. The number of rotatable bonds is 4. The molecule has 104 valence electrons. The lowest BCUT2D eigenvalue weighted by Crippen LogP contribution is -2.57. The van der Waals surface area contributed by atoms with E-state index < -0.39 is 0 Å². The zero-order valence-electron chi connectivity index (χ0n) is 11.6. The fourth-order valence-corrected chi connectivity index (χ4v) is 3.78. The van der Waals surface area contributed by atoms with Gasteiger partial charge < -0.3 is 10.2 Å². The molecule has 2 atom stereocenters. The van der Waals surface area contributed by atoms with Crippen LogP contribution in [0.2, 0.25) is 5.02 Å². The van der Waals surface area contributed by atoms with Gasteiger partial charge in [0.05, 0.1) is 0 Å². The van der Waals surface area contributed by atoms with Crippen LogP contribution in [0, 0.1) is 5.92 Å². The van der Waals surface area contributed by atoms with Crippen LogP contribution in [0.5, 0.6) is 0 Å². The Labute approximate surface area is 121 Å². The highest BCUT2D eigenvalue weighted by atomic mass is 35.5. The number of fused-ring (bicyclic) bond motifs is 3. The largest absolute Gasteiger partial charge is 0.310 e. The molecule has 1 N–H and O–H groups in total. The second-order valence-electron chi connectivity index (χ2n) is 6.11. The lowest BCUT2D eigenvalue weighted by atomic mass is 9.83. The zero-order valence-corrected chi connectivity index (χ0v) is 12.4. The van der Waals surface area contributed by atoms with Crippen LogP contribution in [0.25, 0.3) is 0 Å². The van der Waals surface area contributed by atoms with Gasteiger partial charge in [0.1, 0.15) is 0 Å². The van der Waals surface area contributed by atoms with E-state index in [9.17, 15) is 0 Å². The summed E-state index contributed by atoms with van der Waals surface area (Å²) in [4.78, 5) is 2.60. The molecule has 2 nitrogen and oxygen atoms in total. The zero-order chi connectivity index (χ0) is 13.2. The number of nitrogens with zero attached hydrogens (tertiary/aromatic N) is 1. The molecular formula is C16H23ClN2. The third kappa shape index (κ3) is 3.13. The van der Waals surface area contributed by atoms with Crippen LogP contribution in [0.4, 0.5) is 0 Å². The quantitative estimate of drug-likeness (QED) is 0.911. The van der Waals surface area contributed by atoms with E-state index in [4.69, 9.17) is 11.6 Å². The van der Waals surface area contributed by atoms with Crippen LogP contribution >= 0.6 is 11.6 Å². The van der Waals surface area contributed by atoms with Gasteiger partial charge >= 0.3 is 0 Å². The monoisotopic (exact) mass is 278 g/mol. The van der Waals surface area contributed by atoms with Crippen molar-refractivity contribution in [1.29, 1.82) is 0 Å². The highest BCUT2D eigenvalue weighted by Gasteiger charge is 2.34. The highest BCUT2D eigenvalue weighted by Crippen LogP contribution is 2.28. The maximum absolute atomic E-state index is 6.24. The molecule has 3 heterocycles. The summed E-state index contributed by atoms with van der Waals surface area (Å²) in [6.07, 6.45) is 3.76. The van der Waals surface area contributed by atoms with Crippen molar-refractivity contribution in [3.05, 3.63) is 34.9 Å². The van der Waals surface area contributed by atoms with Crippen LogP contribution in [-0.4, -0.2) is 36.6 Å². The third-order valence-electron chi connectivity index (χ3n) is 4.64. The van der Waals surface area contributed by atoms with E-state index in [0.717, 1.165) is 17.4 Å². The minimum absolute atomic E-state index is 0.491. The number of benzene rings is 1. The normalized spacial score (nSPS) is 31.4. The van der Waals surface area contributed by atoms with E-state index in [2.05, 4.69) is 29.3 Å². The number of nitrogens with one attached hydrogen (secondary N) is 1. The van der Waals surface area contributed by atoms with Gasteiger partial charge in [-0.25, -0.2) is 0 Å². The number of halogens is 1. The molecule has 3 aliphatic rings. The first-order valence-corrected chi connectivity index (χ1v) is 7.82. The highest BCUT2D eigenvalue weighted by molar-refractivity contribution is 6.31. The second-order valence-corrected chi connectivity index (χ2v) is 6.51. The van der Waals surface area contributed by atoms with E-state index in [0.29, 0.717) is 12.1 Å². The van der Waals surface area contributed by atoms with Gasteiger partial charge in [-0.05, 0) is 56.8 Å². The second kappa shape index (κ2) is 5.82. The van der Waals surface area contributed by atoms with Crippen LogP contribution in [0.15, 0.2) is 24.3 Å². The first kappa shape index (κ1) is 13.4. The lowest BCUT2D eigenvalue weighted by Gasteiger charge is -2.46. The molecule has 1 aromatic carbocycles. The SMILES string of the molecule is CC(Cc1ccccc1Cl)NC1CN2CCC1CC2. The minimum Gasteiger partial charge on any atom is -0.310 e. The molecule has 3 heteroatoms. The fraction of sp³-hybridized carbons (Fsp3) is 0.625. The Morgan fingerprint density at radius 1 is 1.32 bits per heavy atom. The molecule has 0 amide bonds. The molecule has 3 saturated heterocycles. The smallest absolute Gasteiger partial charge is 0.0438 e. The van der Waals surface area contributed by atoms with E-state index in [1.807, 2.05) is 12.1 Å². The van der Waals surface area contributed by atoms with Gasteiger partial charge in [0, 0.05) is 23.7 Å². The van der Waals surface area contributed by atoms with Gasteiger partial charge in [-0.15, -0.1) is 0 Å². The van der Waals surface area contributed by atoms with Crippen LogP contribution in [0.3, 0.4) is 0 Å². The summed E-state index contributed by atoms with van der Waals surface area (Å²) in [5.74, 6) is 0.888. The molecule has 4 rings (SSSR count). The molecule has 0 aromatic heterocycles. The number of hydrogen-bond acceptors (Lipinski definition) is 2. The Morgan fingerprint density at radius 3 is 2.68 bits per heavy atom. The van der Waals surface area contributed by atoms with Crippen LogP contribution in [0.1, 0.15) is 25.3 Å². The van der Waals surface area contributed by atoms with Crippen LogP contribution < -0.4 is 5.32 Å². The molecule has 19 heavy (non-hydrogen) atoms. The molecule has 0 aliphatic carbocycles. The molecule has 3 fully saturated rings. The van der Waals surface area contributed by atoms with Gasteiger partial charge in [-0.3, -0.25) is 0 Å². The predicted molar refractivity (Wildman–Crippen MR) is 80.7 cm³/mol. The maximum Gasteiger partial charge on any atom is 0.0438 e. The summed E-state index contributed by atoms with van der Waals surface area (Å²) < 4.78 is 0. The lowest BCUT2D eigenvalue weighted by molar-refractivity contribution is 0.0680. The molecule has 0 spiro atoms. The predicted octanol–water partition coefficient (Wildman–Crippen LogP) is 2.95. The van der Waals surface area contributed by atoms with Gasteiger partial charge in [0.2, 0.25) is 0 Å². The Morgan fingerprint density at radius 2 is 2.05 bits per heavy atom. The molecule has 1 aromatic rings. The molecular weight excluding hydrogens is 256 g/mol. The van der Waals surface area contributed by atoms with Crippen molar-refractivity contribution in [2.24, 2.45) is 5.92 Å². The summed E-state index contributed by atoms with van der Waals surface area (Å²) in [7, 11) is 0. The van der Waals surface area contributed by atoms with Crippen molar-refractivity contribution in [2.45, 2.75) is 38.3 Å². The summed E-state index contributed by atoms with van der Waals surface area (Å²) in [5, 5.41) is 4.72. The van der Waals surface area contributed by atoms with Gasteiger partial charge in [-0.2, -0.15) is 0 Å². The standard InChI is InChI=1S/C16H23ClN2/c1-12(10-14-4-2-3-5-15(14)17)18-16-11-19-8-6-13(16)7-9-19/h2-5,12-13,16,18H,6-11H2,1H3. The van der Waals surface area contributed by atoms with Crippen molar-refractivity contribution in [1.82, 2.24) is 10.2 Å². The Kier molecular flexibility index (Phi) is 4.11. The molecule has 2 unspecified atom stereocenters. The van der Waals surface area contributed by atoms with E-state index in [1.54, 1.807) is 0 Å². The van der Waals surface area contributed by atoms with Crippen molar-refractivity contribution >= 4 is 11.6 Å². The summed E-state index contributed by atoms with van der Waals surface area (Å²) >= 11 is 6.24. The van der Waals surface area contributed by atoms with Crippen molar-refractivity contribution in [3.63, 3.8) is 0 Å². The van der Waals surface area contributed by atoms with E-state index in [-0.39, 0.29) is 0 Å². The average Bonchev–Trinajstić information content (AvgIpc) is 2.43. The van der Waals surface area contributed by atoms with Gasteiger partial charge in [-0.1, -0.05) is 29.8 Å². The molecule has 2 bridgehead atoms. The Hall–Kier alpha value is -0.570. The molecule has 0 radical (unpaired) electrons. The third-order valence-corrected chi connectivity index (χ3v) is 5.01. The van der Waals surface area contributed by atoms with Crippen LogP contribution in [-0.2, 0) is 6.42 Å². The Balaban J connectivity index is 1.57. The van der Waals surface area contributed by atoms with Gasteiger partial charge in [0.15, 0.2) is 0 Å². The van der Waals surface area contributed by atoms with E-state index in [1.165, 1.54) is 38.0 Å². The first-order chi connectivity index (χ1) is 9.22. The first-order valence-electron chi connectivity index (χ1n) is 7.44. The Bertz CT molecular complexity index is 427. The maximum atomic E-state index is 6.24. The van der Waals surface area contributed by atoms with Crippen molar-refractivity contribution in [2.75, 3.05) is 19.6 Å². The van der Waals surface area contributed by atoms with Crippen molar-refractivity contribution < 1.29 is 0 Å². The molecule has 3 aliphatic heterocycles. The summed E-state index contributed by atoms with van der Waals surface area (Å²) in [6, 6.07) is 9.36. The fourth-order valence-electron chi connectivity index (χ4n) is 3.57. The molecule has 0 saturated carbocycles.